The van der Waals surface area contributed by atoms with Gasteiger partial charge in [-0.05, 0) is 55.7 Å². The van der Waals surface area contributed by atoms with Crippen molar-refractivity contribution in [1.29, 1.82) is 0 Å². The summed E-state index contributed by atoms with van der Waals surface area (Å²) in [6.07, 6.45) is 1.63. The van der Waals surface area contributed by atoms with Crippen molar-refractivity contribution >= 4 is 16.5 Å². The monoisotopic (exact) mass is 508 g/mol. The molecule has 9 nitrogen and oxygen atoms in total. The number of rotatable bonds is 6. The van der Waals surface area contributed by atoms with Crippen molar-refractivity contribution in [3.05, 3.63) is 80.6 Å². The van der Waals surface area contributed by atoms with Crippen molar-refractivity contribution < 1.29 is 13.2 Å². The van der Waals surface area contributed by atoms with E-state index in [4.69, 9.17) is 4.42 Å². The van der Waals surface area contributed by atoms with Gasteiger partial charge in [0.1, 0.15) is 0 Å². The molecule has 0 N–H and O–H groups in total. The van der Waals surface area contributed by atoms with Gasteiger partial charge in [0.25, 0.3) is 11.4 Å². The Morgan fingerprint density at radius 2 is 1.86 bits per heavy atom. The topological polar surface area (TPSA) is 99.1 Å². The second-order valence-electron chi connectivity index (χ2n) is 9.32. The van der Waals surface area contributed by atoms with E-state index in [2.05, 4.69) is 40.0 Å². The SMILES string of the molecule is CC(C)N1CC=C(c2ccc3c(=O)n(Cc4ccc(-c5nnc(C(F)F)o5)cn4)c(=O)n(C)c3c2)CC1. The minimum absolute atomic E-state index is 0.0498. The number of hydrogen-bond acceptors (Lipinski definition) is 7. The van der Waals surface area contributed by atoms with Crippen LogP contribution in [0.4, 0.5) is 8.78 Å². The quantitative estimate of drug-likeness (QED) is 0.392. The summed E-state index contributed by atoms with van der Waals surface area (Å²) in [5.41, 5.74) is 2.72. The Morgan fingerprint density at radius 3 is 2.49 bits per heavy atom. The van der Waals surface area contributed by atoms with Crippen molar-refractivity contribution in [2.45, 2.75) is 39.3 Å². The Kier molecular flexibility index (Phi) is 6.55. The van der Waals surface area contributed by atoms with E-state index in [1.54, 1.807) is 25.2 Å². The first-order valence-electron chi connectivity index (χ1n) is 12.0. The van der Waals surface area contributed by atoms with E-state index in [0.717, 1.165) is 29.6 Å². The summed E-state index contributed by atoms with van der Waals surface area (Å²) in [6, 6.07) is 9.23. The van der Waals surface area contributed by atoms with E-state index in [9.17, 15) is 18.4 Å². The zero-order valence-electron chi connectivity index (χ0n) is 20.7. The molecular weight excluding hydrogens is 482 g/mol. The third-order valence-electron chi connectivity index (χ3n) is 6.71. The molecule has 5 rings (SSSR count). The molecule has 0 atom stereocenters. The Morgan fingerprint density at radius 1 is 1.08 bits per heavy atom. The molecule has 1 aromatic carbocycles. The van der Waals surface area contributed by atoms with Crippen LogP contribution < -0.4 is 11.2 Å². The molecule has 0 saturated heterocycles. The maximum Gasteiger partial charge on any atom is 0.331 e. The average molecular weight is 509 g/mol. The number of alkyl halides is 2. The van der Waals surface area contributed by atoms with Crippen LogP contribution in [0.1, 0.15) is 43.8 Å². The Balaban J connectivity index is 1.43. The van der Waals surface area contributed by atoms with Gasteiger partial charge in [-0.15, -0.1) is 10.2 Å². The molecule has 0 aliphatic carbocycles. The number of aryl methyl sites for hydroxylation is 1. The van der Waals surface area contributed by atoms with Crippen molar-refractivity contribution in [1.82, 2.24) is 29.2 Å². The van der Waals surface area contributed by atoms with Crippen molar-refractivity contribution in [3.63, 3.8) is 0 Å². The normalized spacial score (nSPS) is 14.6. The van der Waals surface area contributed by atoms with E-state index < -0.39 is 23.6 Å². The minimum atomic E-state index is -2.87. The molecule has 1 aliphatic rings. The first kappa shape index (κ1) is 24.7. The number of halogens is 2. The molecule has 0 radical (unpaired) electrons. The highest BCUT2D eigenvalue weighted by Gasteiger charge is 2.19. The first-order valence-corrected chi connectivity index (χ1v) is 12.0. The molecule has 0 unspecified atom stereocenters. The number of hydrogen-bond donors (Lipinski definition) is 0. The highest BCUT2D eigenvalue weighted by Crippen LogP contribution is 2.26. The van der Waals surface area contributed by atoms with Crippen LogP contribution in [0.2, 0.25) is 0 Å². The third-order valence-corrected chi connectivity index (χ3v) is 6.71. The summed E-state index contributed by atoms with van der Waals surface area (Å²) in [4.78, 5) is 33.1. The van der Waals surface area contributed by atoms with Crippen LogP contribution >= 0.6 is 0 Å². The summed E-state index contributed by atoms with van der Waals surface area (Å²) in [6.45, 7) is 6.15. The molecule has 0 saturated carbocycles. The average Bonchev–Trinajstić information content (AvgIpc) is 3.41. The second-order valence-corrected chi connectivity index (χ2v) is 9.32. The molecule has 3 aromatic heterocycles. The molecular formula is C26H26F2N6O3. The molecule has 0 spiro atoms. The van der Waals surface area contributed by atoms with Gasteiger partial charge < -0.3 is 4.42 Å². The van der Waals surface area contributed by atoms with Gasteiger partial charge in [-0.25, -0.2) is 4.79 Å². The van der Waals surface area contributed by atoms with Gasteiger partial charge in [0.15, 0.2) is 0 Å². The molecule has 4 aromatic rings. The lowest BCUT2D eigenvalue weighted by atomic mass is 9.98. The molecule has 11 heteroatoms. The lowest BCUT2D eigenvalue weighted by Crippen LogP contribution is -2.39. The second kappa shape index (κ2) is 9.81. The zero-order valence-corrected chi connectivity index (χ0v) is 20.7. The fourth-order valence-corrected chi connectivity index (χ4v) is 4.51. The van der Waals surface area contributed by atoms with Crippen molar-refractivity contribution in [2.75, 3.05) is 13.1 Å². The lowest BCUT2D eigenvalue weighted by Gasteiger charge is -2.29. The number of fused-ring (bicyclic) bond motifs is 1. The fourth-order valence-electron chi connectivity index (χ4n) is 4.51. The van der Waals surface area contributed by atoms with Gasteiger partial charge in [0.2, 0.25) is 5.89 Å². The first-order chi connectivity index (χ1) is 17.7. The van der Waals surface area contributed by atoms with E-state index >= 15 is 0 Å². The Bertz CT molecular complexity index is 1600. The van der Waals surface area contributed by atoms with Gasteiger partial charge in [-0.2, -0.15) is 8.78 Å². The van der Waals surface area contributed by atoms with Gasteiger partial charge in [0.05, 0.1) is 28.7 Å². The third kappa shape index (κ3) is 4.74. The van der Waals surface area contributed by atoms with Gasteiger partial charge in [-0.1, -0.05) is 12.1 Å². The number of aromatic nitrogens is 5. The predicted octanol–water partition coefficient (Wildman–Crippen LogP) is 3.63. The van der Waals surface area contributed by atoms with Crippen molar-refractivity contribution in [2.24, 2.45) is 7.05 Å². The maximum atomic E-state index is 13.3. The fraction of sp³-hybridized carbons (Fsp3) is 0.346. The number of benzene rings is 1. The standard InChI is InChI=1S/C26H26F2N6O3/c1-15(2)33-10-8-16(9-11-33)17-5-7-20-21(12-17)32(3)26(36)34(25(20)35)14-19-6-4-18(13-29-19)23-30-31-24(37-23)22(27)28/h4-8,12-13,15,22H,9-11,14H2,1-3H3. The molecule has 4 heterocycles. The minimum Gasteiger partial charge on any atom is -0.415 e. The zero-order chi connectivity index (χ0) is 26.3. The van der Waals surface area contributed by atoms with Gasteiger partial charge in [0, 0.05) is 32.4 Å². The van der Waals surface area contributed by atoms with Crippen LogP contribution in [-0.4, -0.2) is 48.3 Å². The smallest absolute Gasteiger partial charge is 0.331 e. The summed E-state index contributed by atoms with van der Waals surface area (Å²) in [5.74, 6) is -0.861. The highest BCUT2D eigenvalue weighted by atomic mass is 19.3. The predicted molar refractivity (Wildman–Crippen MR) is 134 cm³/mol. The van der Waals surface area contributed by atoms with Crippen LogP contribution in [0.3, 0.4) is 0 Å². The number of nitrogens with zero attached hydrogens (tertiary/aromatic N) is 6. The van der Waals surface area contributed by atoms with Crippen molar-refractivity contribution in [3.8, 4) is 11.5 Å². The summed E-state index contributed by atoms with van der Waals surface area (Å²) in [7, 11) is 1.65. The summed E-state index contributed by atoms with van der Waals surface area (Å²) >= 11 is 0. The van der Waals surface area contributed by atoms with Crippen LogP contribution in [0, 0.1) is 0 Å². The summed E-state index contributed by atoms with van der Waals surface area (Å²) < 4.78 is 32.9. The van der Waals surface area contributed by atoms with Crippen LogP contribution in [-0.2, 0) is 13.6 Å². The van der Waals surface area contributed by atoms with E-state index in [-0.39, 0.29) is 12.4 Å². The van der Waals surface area contributed by atoms with E-state index in [0.29, 0.717) is 28.2 Å². The molecule has 0 bridgehead atoms. The Labute approximate surface area is 210 Å². The van der Waals surface area contributed by atoms with Gasteiger partial charge >= 0.3 is 12.1 Å². The maximum absolute atomic E-state index is 13.3. The van der Waals surface area contributed by atoms with E-state index in [1.807, 2.05) is 12.1 Å². The summed E-state index contributed by atoms with van der Waals surface area (Å²) in [5, 5.41) is 7.33. The lowest BCUT2D eigenvalue weighted by molar-refractivity contribution is 0.116. The van der Waals surface area contributed by atoms with Crippen LogP contribution in [0.25, 0.3) is 27.9 Å². The molecule has 192 valence electrons. The van der Waals surface area contributed by atoms with Gasteiger partial charge in [-0.3, -0.25) is 23.8 Å². The molecule has 1 aliphatic heterocycles. The van der Waals surface area contributed by atoms with Crippen LogP contribution in [0.5, 0.6) is 0 Å². The highest BCUT2D eigenvalue weighted by molar-refractivity contribution is 5.83. The van der Waals surface area contributed by atoms with E-state index in [1.165, 1.54) is 16.3 Å². The molecule has 0 fully saturated rings. The molecule has 0 amide bonds. The molecule has 37 heavy (non-hydrogen) atoms. The Hall–Kier alpha value is -3.99. The number of pyridine rings is 1. The van der Waals surface area contributed by atoms with Crippen LogP contribution in [0.15, 0.2) is 56.6 Å². The largest absolute Gasteiger partial charge is 0.415 e.